The lowest BCUT2D eigenvalue weighted by Crippen LogP contribution is -2.27. The molecular formula is C20H21ClN4O5S2. The van der Waals surface area contributed by atoms with E-state index in [0.29, 0.717) is 39.8 Å². The largest absolute Gasteiger partial charge is 0.383 e. The Labute approximate surface area is 194 Å². The average molecular weight is 497 g/mol. The molecule has 0 bridgehead atoms. The van der Waals surface area contributed by atoms with Crippen LogP contribution in [0.1, 0.15) is 5.56 Å². The zero-order valence-corrected chi connectivity index (χ0v) is 19.5. The number of rotatable bonds is 9. The third-order valence-electron chi connectivity index (χ3n) is 4.48. The molecule has 3 aromatic rings. The molecule has 0 saturated heterocycles. The summed E-state index contributed by atoms with van der Waals surface area (Å²) in [5, 5.41) is 9.10. The van der Waals surface area contributed by atoms with Crippen LogP contribution in [0.25, 0.3) is 10.9 Å². The first-order chi connectivity index (χ1) is 15.2. The number of methoxy groups -OCH3 is 1. The van der Waals surface area contributed by atoms with Crippen molar-refractivity contribution in [2.75, 3.05) is 19.5 Å². The number of carbonyl (C=O) groups is 1. The number of nitrogens with zero attached hydrogens (tertiary/aromatic N) is 2. The number of halogens is 1. The van der Waals surface area contributed by atoms with Gasteiger partial charge in [-0.25, -0.2) is 18.5 Å². The number of carbonyl (C=O) groups excluding carboxylic acids is 1. The van der Waals surface area contributed by atoms with Gasteiger partial charge in [0.1, 0.15) is 0 Å². The highest BCUT2D eigenvalue weighted by atomic mass is 35.5. The van der Waals surface area contributed by atoms with E-state index in [4.69, 9.17) is 21.5 Å². The zero-order valence-electron chi connectivity index (χ0n) is 17.1. The van der Waals surface area contributed by atoms with Gasteiger partial charge in [-0.2, -0.15) is 0 Å². The van der Waals surface area contributed by atoms with Gasteiger partial charge < -0.3 is 10.1 Å². The van der Waals surface area contributed by atoms with Gasteiger partial charge in [-0.15, -0.1) is 0 Å². The first kappa shape index (κ1) is 24.2. The highest BCUT2D eigenvalue weighted by Crippen LogP contribution is 2.20. The van der Waals surface area contributed by atoms with E-state index in [-0.39, 0.29) is 28.7 Å². The monoisotopic (exact) mass is 496 g/mol. The van der Waals surface area contributed by atoms with Gasteiger partial charge >= 0.3 is 0 Å². The second-order valence-corrected chi connectivity index (χ2v) is 9.70. The van der Waals surface area contributed by atoms with E-state index in [9.17, 15) is 18.0 Å². The number of primary sulfonamides is 1. The van der Waals surface area contributed by atoms with Crippen LogP contribution in [0.5, 0.6) is 0 Å². The summed E-state index contributed by atoms with van der Waals surface area (Å²) in [6.45, 7) is 0.817. The van der Waals surface area contributed by atoms with Crippen molar-refractivity contribution in [2.45, 2.75) is 23.1 Å². The Morgan fingerprint density at radius 1 is 1.25 bits per heavy atom. The lowest BCUT2D eigenvalue weighted by Gasteiger charge is -2.13. The van der Waals surface area contributed by atoms with Crippen molar-refractivity contribution in [1.29, 1.82) is 0 Å². The molecule has 12 heteroatoms. The Kier molecular flexibility index (Phi) is 7.91. The number of fused-ring (bicyclic) bond motifs is 1. The van der Waals surface area contributed by atoms with Crippen molar-refractivity contribution < 1.29 is 17.9 Å². The third kappa shape index (κ3) is 6.08. The van der Waals surface area contributed by atoms with Gasteiger partial charge in [0.15, 0.2) is 5.16 Å². The van der Waals surface area contributed by atoms with Crippen molar-refractivity contribution in [3.8, 4) is 0 Å². The van der Waals surface area contributed by atoms with Gasteiger partial charge in [0, 0.05) is 18.7 Å². The fourth-order valence-electron chi connectivity index (χ4n) is 2.84. The average Bonchev–Trinajstić information content (AvgIpc) is 2.75. The smallest absolute Gasteiger partial charge is 0.262 e. The molecule has 1 aromatic heterocycles. The molecule has 32 heavy (non-hydrogen) atoms. The minimum atomic E-state index is -3.77. The van der Waals surface area contributed by atoms with Crippen molar-refractivity contribution in [3.05, 3.63) is 63.4 Å². The van der Waals surface area contributed by atoms with Gasteiger partial charge in [0.2, 0.25) is 15.9 Å². The predicted molar refractivity (Wildman–Crippen MR) is 123 cm³/mol. The second-order valence-electron chi connectivity index (χ2n) is 6.76. The molecule has 0 aliphatic heterocycles. The predicted octanol–water partition coefficient (Wildman–Crippen LogP) is 1.75. The quantitative estimate of drug-likeness (QED) is 0.340. The SMILES string of the molecule is COCCn1c(SCC(=O)NCc2ccc(S(N)(=O)=O)cc2)nc2cc(Cl)ccc2c1=O. The van der Waals surface area contributed by atoms with Crippen LogP contribution >= 0.6 is 23.4 Å². The minimum absolute atomic E-state index is 0.000329. The van der Waals surface area contributed by atoms with E-state index in [0.717, 1.165) is 11.8 Å². The molecule has 0 unspecified atom stereocenters. The zero-order chi connectivity index (χ0) is 23.3. The van der Waals surface area contributed by atoms with Gasteiger partial charge in [-0.3, -0.25) is 14.2 Å². The molecule has 170 valence electrons. The summed E-state index contributed by atoms with van der Waals surface area (Å²) in [4.78, 5) is 29.7. The summed E-state index contributed by atoms with van der Waals surface area (Å²) >= 11 is 7.16. The number of hydrogen-bond donors (Lipinski definition) is 2. The molecule has 1 amide bonds. The molecule has 2 aromatic carbocycles. The number of amides is 1. The van der Waals surface area contributed by atoms with Gasteiger partial charge in [-0.1, -0.05) is 35.5 Å². The molecule has 0 saturated carbocycles. The fraction of sp³-hybridized carbons (Fsp3) is 0.250. The number of aromatic nitrogens is 2. The molecule has 0 aliphatic carbocycles. The lowest BCUT2D eigenvalue weighted by atomic mass is 10.2. The van der Waals surface area contributed by atoms with Crippen LogP contribution in [0, 0.1) is 0 Å². The maximum absolute atomic E-state index is 12.9. The van der Waals surface area contributed by atoms with Crippen molar-refractivity contribution in [3.63, 3.8) is 0 Å². The Bertz CT molecular complexity index is 1290. The number of nitrogens with one attached hydrogen (secondary N) is 1. The summed E-state index contributed by atoms with van der Waals surface area (Å²) < 4.78 is 29.2. The number of hydrogen-bond acceptors (Lipinski definition) is 7. The standard InChI is InChI=1S/C20H21ClN4O5S2/c1-30-9-8-25-19(27)16-7-4-14(21)10-17(16)24-20(25)31-12-18(26)23-11-13-2-5-15(6-3-13)32(22,28)29/h2-7,10H,8-9,11-12H2,1H3,(H,23,26)(H2,22,28,29). The summed E-state index contributed by atoms with van der Waals surface area (Å²) in [5.41, 5.74) is 0.932. The highest BCUT2D eigenvalue weighted by molar-refractivity contribution is 7.99. The molecule has 0 fully saturated rings. The number of ether oxygens (including phenoxy) is 1. The summed E-state index contributed by atoms with van der Waals surface area (Å²) in [7, 11) is -2.23. The molecular weight excluding hydrogens is 476 g/mol. The summed E-state index contributed by atoms with van der Waals surface area (Å²) in [6.07, 6.45) is 0. The van der Waals surface area contributed by atoms with Gasteiger partial charge in [0.25, 0.3) is 5.56 Å². The molecule has 3 rings (SSSR count). The second kappa shape index (κ2) is 10.5. The topological polar surface area (TPSA) is 133 Å². The highest BCUT2D eigenvalue weighted by Gasteiger charge is 2.14. The Hall–Kier alpha value is -2.44. The maximum Gasteiger partial charge on any atom is 0.262 e. The van der Waals surface area contributed by atoms with Crippen LogP contribution in [0.2, 0.25) is 5.02 Å². The Morgan fingerprint density at radius 3 is 2.62 bits per heavy atom. The molecule has 0 spiro atoms. The first-order valence-electron chi connectivity index (χ1n) is 9.39. The van der Waals surface area contributed by atoms with Crippen molar-refractivity contribution in [2.24, 2.45) is 5.14 Å². The van der Waals surface area contributed by atoms with Crippen LogP contribution in [-0.2, 0) is 32.6 Å². The van der Waals surface area contributed by atoms with Crippen LogP contribution in [0.3, 0.4) is 0 Å². The van der Waals surface area contributed by atoms with Crippen LogP contribution in [-0.4, -0.2) is 43.3 Å². The Morgan fingerprint density at radius 2 is 1.97 bits per heavy atom. The van der Waals surface area contributed by atoms with Crippen molar-refractivity contribution in [1.82, 2.24) is 14.9 Å². The summed E-state index contributed by atoms with van der Waals surface area (Å²) in [6, 6.07) is 10.8. The molecule has 0 radical (unpaired) electrons. The third-order valence-corrected chi connectivity index (χ3v) is 6.62. The van der Waals surface area contributed by atoms with E-state index in [2.05, 4.69) is 10.3 Å². The van der Waals surface area contributed by atoms with E-state index in [1.165, 1.54) is 23.8 Å². The molecule has 9 nitrogen and oxygen atoms in total. The molecule has 0 atom stereocenters. The fourth-order valence-corrected chi connectivity index (χ4v) is 4.38. The van der Waals surface area contributed by atoms with Crippen molar-refractivity contribution >= 4 is 50.2 Å². The molecule has 3 N–H and O–H groups in total. The maximum atomic E-state index is 12.9. The van der Waals surface area contributed by atoms with E-state index >= 15 is 0 Å². The normalized spacial score (nSPS) is 11.6. The number of thioether (sulfide) groups is 1. The lowest BCUT2D eigenvalue weighted by molar-refractivity contribution is -0.118. The van der Waals surface area contributed by atoms with Crippen LogP contribution < -0.4 is 16.0 Å². The summed E-state index contributed by atoms with van der Waals surface area (Å²) in [5.74, 6) is -0.245. The number of benzene rings is 2. The number of sulfonamides is 1. The van der Waals surface area contributed by atoms with Crippen LogP contribution in [0.15, 0.2) is 57.3 Å². The van der Waals surface area contributed by atoms with E-state index < -0.39 is 10.0 Å². The number of nitrogens with two attached hydrogens (primary N) is 1. The minimum Gasteiger partial charge on any atom is -0.383 e. The van der Waals surface area contributed by atoms with E-state index in [1.807, 2.05) is 0 Å². The van der Waals surface area contributed by atoms with Gasteiger partial charge in [0.05, 0.1) is 34.7 Å². The first-order valence-corrected chi connectivity index (χ1v) is 12.3. The van der Waals surface area contributed by atoms with E-state index in [1.54, 1.807) is 30.3 Å². The van der Waals surface area contributed by atoms with Crippen LogP contribution in [0.4, 0.5) is 0 Å². The Balaban J connectivity index is 1.70. The van der Waals surface area contributed by atoms with Gasteiger partial charge in [-0.05, 0) is 35.9 Å². The molecule has 1 heterocycles. The molecule has 0 aliphatic rings.